The van der Waals surface area contributed by atoms with Gasteiger partial charge in [-0.1, -0.05) is 43.0 Å². The number of alkyl halides is 1. The minimum atomic E-state index is -1.79. The molecular formula is C23H29FN2OS. The maximum atomic E-state index is 14.9. The first-order valence-corrected chi connectivity index (χ1v) is 10.6. The number of halogens is 1. The molecule has 28 heavy (non-hydrogen) atoms. The Hall–Kier alpha value is -2.14. The number of carbonyl (C=O) groups excluding carboxylic acids is 1. The molecule has 0 saturated heterocycles. The highest BCUT2D eigenvalue weighted by atomic mass is 32.2. The number of amides is 1. The minimum absolute atomic E-state index is 0.283. The van der Waals surface area contributed by atoms with Crippen LogP contribution in [0, 0.1) is 0 Å². The van der Waals surface area contributed by atoms with Crippen molar-refractivity contribution in [2.75, 3.05) is 5.32 Å². The molecule has 1 heterocycles. The molecule has 1 aromatic rings. The molecule has 1 N–H and O–H groups in total. The highest BCUT2D eigenvalue weighted by Crippen LogP contribution is 2.32. The standard InChI is InChI=1S/C23H29FN2OS/c1-5-17(20(7-3)28-8-4)14-19-15-21(25-16-18(19)6-2)26-22(27)23(24)12-10-9-11-13-23/h5-8,14-16H,4,9-13H2,1-3H3,(H,26,27)/b17-5+,18-6-,19-14-,20-7-. The molecule has 1 fully saturated rings. The van der Waals surface area contributed by atoms with Crippen molar-refractivity contribution >= 4 is 35.6 Å². The SMILES string of the molecule is C=CSC(=C\C)/C(/C=c1/cc(NC(=O)C2(F)CCCCC2)nc/c1=C/C)=C/C. The molecule has 1 saturated carbocycles. The fourth-order valence-corrected chi connectivity index (χ4v) is 3.97. The van der Waals surface area contributed by atoms with Crippen LogP contribution in [0.2, 0.25) is 0 Å². The zero-order valence-corrected chi connectivity index (χ0v) is 17.7. The van der Waals surface area contributed by atoms with Crippen LogP contribution in [0.1, 0.15) is 52.9 Å². The molecule has 0 aromatic carbocycles. The average molecular weight is 401 g/mol. The normalized spacial score (nSPS) is 18.9. The fourth-order valence-electron chi connectivity index (χ4n) is 3.34. The molecule has 0 unspecified atom stereocenters. The highest BCUT2D eigenvalue weighted by Gasteiger charge is 2.39. The van der Waals surface area contributed by atoms with Gasteiger partial charge >= 0.3 is 0 Å². The second-order valence-corrected chi connectivity index (χ2v) is 7.80. The third-order valence-electron chi connectivity index (χ3n) is 4.95. The lowest BCUT2D eigenvalue weighted by Gasteiger charge is -2.27. The largest absolute Gasteiger partial charge is 0.308 e. The van der Waals surface area contributed by atoms with Crippen molar-refractivity contribution in [3.05, 3.63) is 57.3 Å². The van der Waals surface area contributed by atoms with Crippen LogP contribution in [0.15, 0.2) is 46.9 Å². The van der Waals surface area contributed by atoms with Gasteiger partial charge in [0.15, 0.2) is 5.67 Å². The smallest absolute Gasteiger partial charge is 0.263 e. The van der Waals surface area contributed by atoms with Crippen molar-refractivity contribution in [1.29, 1.82) is 0 Å². The highest BCUT2D eigenvalue weighted by molar-refractivity contribution is 8.06. The van der Waals surface area contributed by atoms with E-state index in [1.165, 1.54) is 0 Å². The van der Waals surface area contributed by atoms with E-state index in [1.807, 2.05) is 45.1 Å². The van der Waals surface area contributed by atoms with E-state index < -0.39 is 11.6 Å². The molecule has 3 nitrogen and oxygen atoms in total. The number of allylic oxidation sites excluding steroid dienone is 3. The quantitative estimate of drug-likeness (QED) is 0.683. The van der Waals surface area contributed by atoms with Crippen LogP contribution in [0.4, 0.5) is 10.2 Å². The molecule has 1 aliphatic rings. The Bertz CT molecular complexity index is 896. The fraction of sp³-hybridized carbons (Fsp3) is 0.391. The number of nitrogens with one attached hydrogen (secondary N) is 1. The first kappa shape index (κ1) is 22.2. The lowest BCUT2D eigenvalue weighted by atomic mass is 9.86. The summed E-state index contributed by atoms with van der Waals surface area (Å²) >= 11 is 1.56. The average Bonchev–Trinajstić information content (AvgIpc) is 2.71. The Labute approximate surface area is 171 Å². The van der Waals surface area contributed by atoms with Crippen LogP contribution >= 0.6 is 11.8 Å². The molecule has 150 valence electrons. The van der Waals surface area contributed by atoms with Crippen LogP contribution in [0.25, 0.3) is 12.2 Å². The van der Waals surface area contributed by atoms with Crippen LogP contribution < -0.4 is 15.8 Å². The third kappa shape index (κ3) is 5.44. The Morgan fingerprint density at radius 2 is 1.93 bits per heavy atom. The molecule has 0 bridgehead atoms. The summed E-state index contributed by atoms with van der Waals surface area (Å²) in [4.78, 5) is 17.9. The number of hydrogen-bond donors (Lipinski definition) is 1. The van der Waals surface area contributed by atoms with Crippen molar-refractivity contribution < 1.29 is 9.18 Å². The molecule has 1 aromatic heterocycles. The second kappa shape index (κ2) is 10.4. The molecule has 0 aliphatic heterocycles. The number of carbonyl (C=O) groups is 1. The third-order valence-corrected chi connectivity index (χ3v) is 5.84. The number of anilines is 1. The summed E-state index contributed by atoms with van der Waals surface area (Å²) in [6.07, 6.45) is 12.8. The Kier molecular flexibility index (Phi) is 8.24. The van der Waals surface area contributed by atoms with Crippen molar-refractivity contribution in [2.45, 2.75) is 58.5 Å². The predicted octanol–water partition coefficient (Wildman–Crippen LogP) is 5.00. The van der Waals surface area contributed by atoms with Gasteiger partial charge in [-0.3, -0.25) is 4.79 Å². The van der Waals surface area contributed by atoms with Gasteiger partial charge in [0.1, 0.15) is 5.82 Å². The summed E-state index contributed by atoms with van der Waals surface area (Å²) in [5.41, 5.74) is -0.736. The molecule has 0 atom stereocenters. The summed E-state index contributed by atoms with van der Waals surface area (Å²) < 4.78 is 14.9. The molecule has 1 amide bonds. The molecule has 2 rings (SSSR count). The molecular weight excluding hydrogens is 371 g/mol. The predicted molar refractivity (Wildman–Crippen MR) is 119 cm³/mol. The van der Waals surface area contributed by atoms with Crippen molar-refractivity contribution in [3.8, 4) is 0 Å². The van der Waals surface area contributed by atoms with Gasteiger partial charge in [0.2, 0.25) is 0 Å². The molecule has 5 heteroatoms. The summed E-state index contributed by atoms with van der Waals surface area (Å²) in [6, 6.07) is 1.80. The van der Waals surface area contributed by atoms with Crippen molar-refractivity contribution in [3.63, 3.8) is 0 Å². The van der Waals surface area contributed by atoms with Crippen LogP contribution in [-0.2, 0) is 4.79 Å². The topological polar surface area (TPSA) is 42.0 Å². The van der Waals surface area contributed by atoms with Crippen molar-refractivity contribution in [1.82, 2.24) is 4.98 Å². The van der Waals surface area contributed by atoms with Crippen molar-refractivity contribution in [2.24, 2.45) is 0 Å². The van der Waals surface area contributed by atoms with E-state index in [9.17, 15) is 9.18 Å². The van der Waals surface area contributed by atoms with Gasteiger partial charge < -0.3 is 5.32 Å². The monoisotopic (exact) mass is 400 g/mol. The second-order valence-electron chi connectivity index (χ2n) is 6.79. The molecule has 0 spiro atoms. The van der Waals surface area contributed by atoms with Gasteiger partial charge in [-0.15, -0.1) is 0 Å². The summed E-state index contributed by atoms with van der Waals surface area (Å²) in [6.45, 7) is 9.69. The molecule has 0 radical (unpaired) electrons. The van der Waals surface area contributed by atoms with E-state index in [-0.39, 0.29) is 12.8 Å². The van der Waals surface area contributed by atoms with Crippen LogP contribution in [0.5, 0.6) is 0 Å². The maximum Gasteiger partial charge on any atom is 0.263 e. The van der Waals surface area contributed by atoms with Gasteiger partial charge in [-0.2, -0.15) is 0 Å². The Balaban J connectivity index is 2.38. The number of pyridine rings is 1. The zero-order chi connectivity index (χ0) is 20.6. The Morgan fingerprint density at radius 1 is 1.21 bits per heavy atom. The van der Waals surface area contributed by atoms with Crippen LogP contribution in [-0.4, -0.2) is 16.6 Å². The number of hydrogen-bond acceptors (Lipinski definition) is 3. The number of rotatable bonds is 6. The van der Waals surface area contributed by atoms with E-state index in [2.05, 4.69) is 16.9 Å². The van der Waals surface area contributed by atoms with E-state index in [0.29, 0.717) is 5.82 Å². The lowest BCUT2D eigenvalue weighted by Crippen LogP contribution is -2.41. The van der Waals surface area contributed by atoms with E-state index >= 15 is 0 Å². The van der Waals surface area contributed by atoms with Crippen LogP contribution in [0.3, 0.4) is 0 Å². The number of nitrogens with zero attached hydrogens (tertiary/aromatic N) is 1. The zero-order valence-electron chi connectivity index (χ0n) is 16.9. The summed E-state index contributed by atoms with van der Waals surface area (Å²) in [7, 11) is 0. The number of aromatic nitrogens is 1. The van der Waals surface area contributed by atoms with E-state index in [0.717, 1.165) is 40.2 Å². The number of thioether (sulfide) groups is 1. The van der Waals surface area contributed by atoms with Gasteiger partial charge in [-0.05, 0) is 80.0 Å². The summed E-state index contributed by atoms with van der Waals surface area (Å²) in [5.74, 6) is -0.209. The first-order valence-electron chi connectivity index (χ1n) is 9.72. The maximum absolute atomic E-state index is 14.9. The van der Waals surface area contributed by atoms with E-state index in [4.69, 9.17) is 0 Å². The Morgan fingerprint density at radius 3 is 2.50 bits per heavy atom. The van der Waals surface area contributed by atoms with E-state index in [1.54, 1.807) is 29.4 Å². The summed E-state index contributed by atoms with van der Waals surface area (Å²) in [5, 5.41) is 6.35. The van der Waals surface area contributed by atoms with Gasteiger partial charge in [0.25, 0.3) is 5.91 Å². The van der Waals surface area contributed by atoms with Gasteiger partial charge in [-0.25, -0.2) is 9.37 Å². The van der Waals surface area contributed by atoms with Gasteiger partial charge in [0.05, 0.1) is 0 Å². The molecule has 1 aliphatic carbocycles. The minimum Gasteiger partial charge on any atom is -0.308 e. The van der Waals surface area contributed by atoms with Gasteiger partial charge in [0, 0.05) is 11.1 Å². The first-order chi connectivity index (χ1) is 13.5. The lowest BCUT2D eigenvalue weighted by molar-refractivity contribution is -0.129.